The Hall–Kier alpha value is -0.710. The molecule has 1 aromatic rings. The van der Waals surface area contributed by atoms with Gasteiger partial charge < -0.3 is 10.2 Å². The van der Waals surface area contributed by atoms with Crippen molar-refractivity contribution in [3.8, 4) is 0 Å². The molecule has 0 aliphatic heterocycles. The molecule has 0 fully saturated rings. The number of carboxylic acid groups (broad SMARTS) is 1. The Labute approximate surface area is 97.1 Å². The third kappa shape index (κ3) is 3.41. The third-order valence-electron chi connectivity index (χ3n) is 1.76. The first kappa shape index (κ1) is 12.4. The molecular weight excluding hydrogens is 236 g/mol. The maximum atomic E-state index is 10.6. The van der Waals surface area contributed by atoms with Gasteiger partial charge in [0.05, 0.1) is 17.2 Å². The molecule has 1 unspecified atom stereocenters. The highest BCUT2D eigenvalue weighted by Crippen LogP contribution is 2.30. The van der Waals surface area contributed by atoms with Crippen LogP contribution in [0, 0.1) is 0 Å². The Morgan fingerprint density at radius 2 is 2.27 bits per heavy atom. The van der Waals surface area contributed by atoms with E-state index in [4.69, 9.17) is 21.8 Å². The number of carboxylic acids is 1. The van der Waals surface area contributed by atoms with Crippen LogP contribution in [0.4, 0.5) is 0 Å². The van der Waals surface area contributed by atoms with Crippen molar-refractivity contribution >= 4 is 29.3 Å². The minimum atomic E-state index is -0.997. The van der Waals surface area contributed by atoms with E-state index < -0.39 is 5.97 Å². The fourth-order valence-electron chi connectivity index (χ4n) is 0.983. The molecule has 2 N–H and O–H groups in total. The van der Waals surface area contributed by atoms with Crippen LogP contribution in [-0.4, -0.2) is 28.0 Å². The Kier molecular flexibility index (Phi) is 4.45. The fraction of sp³-hybridized carbons (Fsp3) is 0.300. The van der Waals surface area contributed by atoms with Gasteiger partial charge in [0.15, 0.2) is 0 Å². The van der Waals surface area contributed by atoms with Crippen LogP contribution in [0.3, 0.4) is 0 Å². The largest absolute Gasteiger partial charge is 0.478 e. The standard InChI is InChI=1S/C10H11ClO3S/c1-6(5-12)15-9-3-2-7(10(13)14)4-8(9)11/h2-4,6,12H,5H2,1H3,(H,13,14). The highest BCUT2D eigenvalue weighted by Gasteiger charge is 2.09. The molecule has 0 aliphatic carbocycles. The molecule has 0 heterocycles. The SMILES string of the molecule is CC(CO)Sc1ccc(C(=O)O)cc1Cl. The lowest BCUT2D eigenvalue weighted by Gasteiger charge is -2.09. The molecule has 82 valence electrons. The molecule has 0 spiro atoms. The number of rotatable bonds is 4. The van der Waals surface area contributed by atoms with Gasteiger partial charge in [0.1, 0.15) is 0 Å². The van der Waals surface area contributed by atoms with E-state index in [2.05, 4.69) is 0 Å². The third-order valence-corrected chi connectivity index (χ3v) is 3.35. The molecule has 0 saturated carbocycles. The maximum absolute atomic E-state index is 10.6. The quantitative estimate of drug-likeness (QED) is 0.802. The second-order valence-electron chi connectivity index (χ2n) is 3.06. The minimum absolute atomic E-state index is 0.0400. The fourth-order valence-corrected chi connectivity index (χ4v) is 2.12. The van der Waals surface area contributed by atoms with E-state index in [-0.39, 0.29) is 17.4 Å². The summed E-state index contributed by atoms with van der Waals surface area (Å²) < 4.78 is 0. The number of aliphatic hydroxyl groups excluding tert-OH is 1. The van der Waals surface area contributed by atoms with Gasteiger partial charge in [-0.15, -0.1) is 11.8 Å². The van der Waals surface area contributed by atoms with Crippen LogP contribution in [0.2, 0.25) is 5.02 Å². The van der Waals surface area contributed by atoms with Gasteiger partial charge in [-0.05, 0) is 18.2 Å². The first-order chi connectivity index (χ1) is 7.04. The Morgan fingerprint density at radius 1 is 1.60 bits per heavy atom. The predicted octanol–water partition coefficient (Wildman–Crippen LogP) is 2.51. The summed E-state index contributed by atoms with van der Waals surface area (Å²) in [4.78, 5) is 11.4. The monoisotopic (exact) mass is 246 g/mol. The van der Waals surface area contributed by atoms with Gasteiger partial charge >= 0.3 is 5.97 Å². The van der Waals surface area contributed by atoms with E-state index in [0.29, 0.717) is 5.02 Å². The number of aromatic carboxylic acids is 1. The molecular formula is C10H11ClO3S. The first-order valence-corrected chi connectivity index (χ1v) is 5.60. The zero-order valence-electron chi connectivity index (χ0n) is 8.11. The van der Waals surface area contributed by atoms with Gasteiger partial charge in [0, 0.05) is 10.1 Å². The van der Waals surface area contributed by atoms with Crippen LogP contribution >= 0.6 is 23.4 Å². The summed E-state index contributed by atoms with van der Waals surface area (Å²) in [6.45, 7) is 1.92. The zero-order valence-corrected chi connectivity index (χ0v) is 9.68. The Bertz CT molecular complexity index is 368. The van der Waals surface area contributed by atoms with Crippen LogP contribution < -0.4 is 0 Å². The number of hydrogen-bond donors (Lipinski definition) is 2. The van der Waals surface area contributed by atoms with Crippen molar-refractivity contribution in [2.24, 2.45) is 0 Å². The molecule has 0 saturated heterocycles. The zero-order chi connectivity index (χ0) is 11.4. The van der Waals surface area contributed by atoms with Gasteiger partial charge in [0.25, 0.3) is 0 Å². The molecule has 1 rings (SSSR count). The van der Waals surface area contributed by atoms with Crippen LogP contribution in [0.1, 0.15) is 17.3 Å². The van der Waals surface area contributed by atoms with E-state index in [9.17, 15) is 4.79 Å². The van der Waals surface area contributed by atoms with Crippen molar-refractivity contribution in [1.82, 2.24) is 0 Å². The van der Waals surface area contributed by atoms with Crippen LogP contribution in [0.25, 0.3) is 0 Å². The van der Waals surface area contributed by atoms with Crippen LogP contribution in [0.5, 0.6) is 0 Å². The van der Waals surface area contributed by atoms with Gasteiger partial charge in [-0.3, -0.25) is 0 Å². The topological polar surface area (TPSA) is 57.5 Å². The maximum Gasteiger partial charge on any atom is 0.335 e. The minimum Gasteiger partial charge on any atom is -0.478 e. The summed E-state index contributed by atoms with van der Waals surface area (Å²) in [5.74, 6) is -0.997. The average Bonchev–Trinajstić information content (AvgIpc) is 2.20. The van der Waals surface area contributed by atoms with Crippen molar-refractivity contribution in [3.63, 3.8) is 0 Å². The summed E-state index contributed by atoms with van der Waals surface area (Å²) in [6, 6.07) is 4.57. The molecule has 0 bridgehead atoms. The molecule has 3 nitrogen and oxygen atoms in total. The lowest BCUT2D eigenvalue weighted by atomic mass is 10.2. The Balaban J connectivity index is 2.88. The molecule has 0 amide bonds. The van der Waals surface area contributed by atoms with Gasteiger partial charge in [0.2, 0.25) is 0 Å². The molecule has 1 atom stereocenters. The van der Waals surface area contributed by atoms with Crippen molar-refractivity contribution < 1.29 is 15.0 Å². The van der Waals surface area contributed by atoms with Gasteiger partial charge in [-0.2, -0.15) is 0 Å². The number of halogens is 1. The average molecular weight is 247 g/mol. The van der Waals surface area contributed by atoms with Gasteiger partial charge in [-0.25, -0.2) is 4.79 Å². The summed E-state index contributed by atoms with van der Waals surface area (Å²) >= 11 is 7.32. The second kappa shape index (κ2) is 5.39. The highest BCUT2D eigenvalue weighted by atomic mass is 35.5. The van der Waals surface area contributed by atoms with Crippen LogP contribution in [0.15, 0.2) is 23.1 Å². The summed E-state index contributed by atoms with van der Waals surface area (Å²) in [6.07, 6.45) is 0. The van der Waals surface area contributed by atoms with E-state index >= 15 is 0 Å². The summed E-state index contributed by atoms with van der Waals surface area (Å²) in [5, 5.41) is 18.0. The van der Waals surface area contributed by atoms with E-state index in [1.165, 1.54) is 23.9 Å². The van der Waals surface area contributed by atoms with Crippen molar-refractivity contribution in [2.75, 3.05) is 6.61 Å². The lowest BCUT2D eigenvalue weighted by Crippen LogP contribution is -2.02. The van der Waals surface area contributed by atoms with Gasteiger partial charge in [-0.1, -0.05) is 18.5 Å². The molecule has 0 aromatic heterocycles. The predicted molar refractivity (Wildman–Crippen MR) is 60.8 cm³/mol. The van der Waals surface area contributed by atoms with Crippen molar-refractivity contribution in [3.05, 3.63) is 28.8 Å². The molecule has 5 heteroatoms. The first-order valence-electron chi connectivity index (χ1n) is 4.35. The smallest absolute Gasteiger partial charge is 0.335 e. The molecule has 1 aromatic carbocycles. The van der Waals surface area contributed by atoms with Crippen molar-refractivity contribution in [1.29, 1.82) is 0 Å². The van der Waals surface area contributed by atoms with E-state index in [0.717, 1.165) is 4.90 Å². The number of thioether (sulfide) groups is 1. The number of aliphatic hydroxyl groups is 1. The Morgan fingerprint density at radius 3 is 2.73 bits per heavy atom. The summed E-state index contributed by atoms with van der Waals surface area (Å²) in [7, 11) is 0. The van der Waals surface area contributed by atoms with E-state index in [1.807, 2.05) is 6.92 Å². The lowest BCUT2D eigenvalue weighted by molar-refractivity contribution is 0.0697. The molecule has 0 aliphatic rings. The summed E-state index contributed by atoms with van der Waals surface area (Å²) in [5.41, 5.74) is 0.168. The number of benzene rings is 1. The molecule has 0 radical (unpaired) electrons. The number of carbonyl (C=O) groups is 1. The van der Waals surface area contributed by atoms with E-state index in [1.54, 1.807) is 6.07 Å². The number of hydrogen-bond acceptors (Lipinski definition) is 3. The highest BCUT2D eigenvalue weighted by molar-refractivity contribution is 8.00. The normalized spacial score (nSPS) is 12.5. The van der Waals surface area contributed by atoms with Crippen molar-refractivity contribution in [2.45, 2.75) is 17.1 Å². The van der Waals surface area contributed by atoms with Crippen LogP contribution in [-0.2, 0) is 0 Å². The molecule has 15 heavy (non-hydrogen) atoms. The second-order valence-corrected chi connectivity index (χ2v) is 4.95.